The van der Waals surface area contributed by atoms with Gasteiger partial charge in [0.05, 0.1) is 11.2 Å². The van der Waals surface area contributed by atoms with E-state index in [-0.39, 0.29) is 5.69 Å². The van der Waals surface area contributed by atoms with Gasteiger partial charge in [-0.1, -0.05) is 0 Å². The molecule has 0 radical (unpaired) electrons. The Hall–Kier alpha value is -2.05. The summed E-state index contributed by atoms with van der Waals surface area (Å²) in [5.41, 5.74) is -0.102. The van der Waals surface area contributed by atoms with Gasteiger partial charge in [-0.3, -0.25) is 0 Å². The van der Waals surface area contributed by atoms with E-state index in [0.29, 0.717) is 11.5 Å². The highest BCUT2D eigenvalue weighted by molar-refractivity contribution is 5.65. The SMILES string of the molecule is CC1(C)Nc2cc(F)cc(F)c2-n2nnnc21. The summed E-state index contributed by atoms with van der Waals surface area (Å²) in [5.74, 6) is -0.854. The molecule has 1 aliphatic rings. The monoisotopic (exact) mass is 237 g/mol. The third kappa shape index (κ3) is 1.31. The highest BCUT2D eigenvalue weighted by Gasteiger charge is 2.35. The van der Waals surface area contributed by atoms with E-state index in [0.717, 1.165) is 6.07 Å². The molecule has 17 heavy (non-hydrogen) atoms. The van der Waals surface area contributed by atoms with E-state index in [1.54, 1.807) is 0 Å². The fourth-order valence-electron chi connectivity index (χ4n) is 2.00. The number of benzene rings is 1. The van der Waals surface area contributed by atoms with Crippen LogP contribution in [0.4, 0.5) is 14.5 Å². The molecule has 1 N–H and O–H groups in total. The maximum absolute atomic E-state index is 13.7. The van der Waals surface area contributed by atoms with Crippen LogP contribution in [0, 0.1) is 11.6 Å². The number of nitrogens with zero attached hydrogens (tertiary/aromatic N) is 4. The molecule has 0 atom stereocenters. The van der Waals surface area contributed by atoms with Crippen LogP contribution < -0.4 is 5.32 Å². The van der Waals surface area contributed by atoms with Gasteiger partial charge in [-0.2, -0.15) is 4.68 Å². The number of hydrogen-bond donors (Lipinski definition) is 1. The molecular formula is C10H9F2N5. The summed E-state index contributed by atoms with van der Waals surface area (Å²) in [5, 5.41) is 14.1. The van der Waals surface area contributed by atoms with E-state index in [1.165, 1.54) is 10.7 Å². The highest BCUT2D eigenvalue weighted by Crippen LogP contribution is 2.36. The lowest BCUT2D eigenvalue weighted by Gasteiger charge is -2.32. The number of aromatic nitrogens is 4. The van der Waals surface area contributed by atoms with Crippen molar-refractivity contribution in [3.8, 4) is 5.69 Å². The van der Waals surface area contributed by atoms with Crippen molar-refractivity contribution in [3.05, 3.63) is 29.6 Å². The van der Waals surface area contributed by atoms with Crippen molar-refractivity contribution in [3.63, 3.8) is 0 Å². The lowest BCUT2D eigenvalue weighted by molar-refractivity contribution is 0.505. The molecule has 7 heteroatoms. The molecule has 2 aromatic rings. The van der Waals surface area contributed by atoms with Gasteiger partial charge in [-0.15, -0.1) is 5.10 Å². The van der Waals surface area contributed by atoms with Gasteiger partial charge in [0, 0.05) is 6.07 Å². The Bertz CT molecular complexity index is 605. The number of rotatable bonds is 0. The summed E-state index contributed by atoms with van der Waals surface area (Å²) < 4.78 is 28.2. The van der Waals surface area contributed by atoms with Gasteiger partial charge in [-0.05, 0) is 30.3 Å². The maximum Gasteiger partial charge on any atom is 0.181 e. The first-order chi connectivity index (χ1) is 7.99. The number of halogens is 2. The van der Waals surface area contributed by atoms with E-state index < -0.39 is 17.2 Å². The molecule has 0 saturated heterocycles. The van der Waals surface area contributed by atoms with Gasteiger partial charge in [0.15, 0.2) is 11.6 Å². The van der Waals surface area contributed by atoms with Gasteiger partial charge < -0.3 is 5.32 Å². The molecule has 0 saturated carbocycles. The minimum absolute atomic E-state index is 0.144. The van der Waals surface area contributed by atoms with Crippen LogP contribution in [-0.2, 0) is 5.54 Å². The van der Waals surface area contributed by atoms with Crippen LogP contribution in [0.2, 0.25) is 0 Å². The van der Waals surface area contributed by atoms with Crippen LogP contribution in [0.3, 0.4) is 0 Å². The smallest absolute Gasteiger partial charge is 0.181 e. The third-order valence-corrected chi connectivity index (χ3v) is 2.72. The first kappa shape index (κ1) is 10.1. The fourth-order valence-corrected chi connectivity index (χ4v) is 2.00. The molecule has 1 aromatic heterocycles. The van der Waals surface area contributed by atoms with Crippen molar-refractivity contribution in [1.82, 2.24) is 20.2 Å². The van der Waals surface area contributed by atoms with E-state index in [4.69, 9.17) is 0 Å². The van der Waals surface area contributed by atoms with Crippen LogP contribution in [0.5, 0.6) is 0 Å². The highest BCUT2D eigenvalue weighted by atomic mass is 19.1. The molecule has 0 fully saturated rings. The Morgan fingerprint density at radius 1 is 1.29 bits per heavy atom. The number of tetrazole rings is 1. The predicted octanol–water partition coefficient (Wildman–Crippen LogP) is 1.60. The average molecular weight is 237 g/mol. The topological polar surface area (TPSA) is 55.6 Å². The van der Waals surface area contributed by atoms with Gasteiger partial charge in [0.25, 0.3) is 0 Å². The normalized spacial score (nSPS) is 16.0. The molecule has 0 unspecified atom stereocenters. The van der Waals surface area contributed by atoms with E-state index >= 15 is 0 Å². The summed E-state index contributed by atoms with van der Waals surface area (Å²) >= 11 is 0. The largest absolute Gasteiger partial charge is 0.371 e. The Morgan fingerprint density at radius 2 is 2.06 bits per heavy atom. The minimum Gasteiger partial charge on any atom is -0.371 e. The van der Waals surface area contributed by atoms with E-state index in [2.05, 4.69) is 20.8 Å². The molecule has 0 amide bonds. The van der Waals surface area contributed by atoms with E-state index in [1.807, 2.05) is 13.8 Å². The standard InChI is InChI=1S/C10H9F2N5/c1-10(2)9-14-15-16-17(9)8-6(12)3-5(11)4-7(8)13-10/h3-4,13H,1-2H3. The molecule has 0 spiro atoms. The second-order valence-corrected chi connectivity index (χ2v) is 4.45. The van der Waals surface area contributed by atoms with Crippen molar-refractivity contribution in [2.24, 2.45) is 0 Å². The first-order valence-corrected chi connectivity index (χ1v) is 5.05. The summed E-state index contributed by atoms with van der Waals surface area (Å²) in [6, 6.07) is 2.04. The average Bonchev–Trinajstić information content (AvgIpc) is 2.64. The number of anilines is 1. The van der Waals surface area contributed by atoms with Crippen molar-refractivity contribution >= 4 is 5.69 Å². The molecule has 88 valence electrons. The van der Waals surface area contributed by atoms with Crippen LogP contribution in [0.1, 0.15) is 19.7 Å². The van der Waals surface area contributed by atoms with Gasteiger partial charge >= 0.3 is 0 Å². The number of fused-ring (bicyclic) bond motifs is 3. The lowest BCUT2D eigenvalue weighted by atomic mass is 10.0. The molecule has 3 rings (SSSR count). The lowest BCUT2D eigenvalue weighted by Crippen LogP contribution is -2.36. The van der Waals surface area contributed by atoms with Gasteiger partial charge in [0.1, 0.15) is 11.5 Å². The third-order valence-electron chi connectivity index (χ3n) is 2.72. The van der Waals surface area contributed by atoms with E-state index in [9.17, 15) is 8.78 Å². The molecule has 1 aromatic carbocycles. The molecule has 0 aliphatic carbocycles. The van der Waals surface area contributed by atoms with Crippen molar-refractivity contribution in [2.75, 3.05) is 5.32 Å². The number of hydrogen-bond acceptors (Lipinski definition) is 4. The molecule has 1 aliphatic heterocycles. The number of nitrogens with one attached hydrogen (secondary N) is 1. The minimum atomic E-state index is -0.698. The Labute approximate surface area is 95.4 Å². The summed E-state index contributed by atoms with van der Waals surface area (Å²) in [4.78, 5) is 0. The second-order valence-electron chi connectivity index (χ2n) is 4.45. The molecule has 5 nitrogen and oxygen atoms in total. The van der Waals surface area contributed by atoms with Crippen LogP contribution in [0.15, 0.2) is 12.1 Å². The zero-order valence-electron chi connectivity index (χ0n) is 9.20. The van der Waals surface area contributed by atoms with Gasteiger partial charge in [0.2, 0.25) is 0 Å². The fraction of sp³-hybridized carbons (Fsp3) is 0.300. The second kappa shape index (κ2) is 2.99. The van der Waals surface area contributed by atoms with Crippen molar-refractivity contribution in [1.29, 1.82) is 0 Å². The molecule has 0 bridgehead atoms. The summed E-state index contributed by atoms with van der Waals surface area (Å²) in [6.45, 7) is 3.67. The predicted molar refractivity (Wildman–Crippen MR) is 55.7 cm³/mol. The summed E-state index contributed by atoms with van der Waals surface area (Å²) in [6.07, 6.45) is 0. The maximum atomic E-state index is 13.7. The zero-order chi connectivity index (χ0) is 12.2. The van der Waals surface area contributed by atoms with Gasteiger partial charge in [-0.25, -0.2) is 8.78 Å². The zero-order valence-corrected chi connectivity index (χ0v) is 9.20. The van der Waals surface area contributed by atoms with Crippen molar-refractivity contribution in [2.45, 2.75) is 19.4 Å². The van der Waals surface area contributed by atoms with Crippen LogP contribution in [-0.4, -0.2) is 20.2 Å². The quantitative estimate of drug-likeness (QED) is 0.756. The Balaban J connectivity index is 2.35. The molecular weight excluding hydrogens is 228 g/mol. The van der Waals surface area contributed by atoms with Crippen LogP contribution >= 0.6 is 0 Å². The van der Waals surface area contributed by atoms with Crippen molar-refractivity contribution < 1.29 is 8.78 Å². The summed E-state index contributed by atoms with van der Waals surface area (Å²) in [7, 11) is 0. The Morgan fingerprint density at radius 3 is 2.82 bits per heavy atom. The molecule has 2 heterocycles. The first-order valence-electron chi connectivity index (χ1n) is 5.05. The Kier molecular flexibility index (Phi) is 1.78. The van der Waals surface area contributed by atoms with Crippen LogP contribution in [0.25, 0.3) is 5.69 Å².